The van der Waals surface area contributed by atoms with Crippen molar-refractivity contribution < 1.29 is 4.74 Å². The van der Waals surface area contributed by atoms with Crippen molar-refractivity contribution in [1.29, 1.82) is 0 Å². The highest BCUT2D eigenvalue weighted by atomic mass is 35.5. The summed E-state index contributed by atoms with van der Waals surface area (Å²) >= 11 is 6.44. The summed E-state index contributed by atoms with van der Waals surface area (Å²) in [4.78, 5) is 12.9. The highest BCUT2D eigenvalue weighted by molar-refractivity contribution is 6.32. The second-order valence-corrected chi connectivity index (χ2v) is 9.21. The first-order chi connectivity index (χ1) is 15.2. The number of hydrogen-bond acceptors (Lipinski definition) is 4. The number of benzene rings is 1. The zero-order valence-corrected chi connectivity index (χ0v) is 18.4. The van der Waals surface area contributed by atoms with Crippen molar-refractivity contribution in [1.82, 2.24) is 14.3 Å². The molecule has 1 aliphatic carbocycles. The fourth-order valence-corrected chi connectivity index (χ4v) is 5.26. The number of para-hydroxylation sites is 1. The van der Waals surface area contributed by atoms with E-state index in [2.05, 4.69) is 51.5 Å². The maximum atomic E-state index is 12.9. The highest BCUT2D eigenvalue weighted by Gasteiger charge is 2.26. The van der Waals surface area contributed by atoms with E-state index in [4.69, 9.17) is 16.3 Å². The summed E-state index contributed by atoms with van der Waals surface area (Å²) in [5, 5.41) is 9.30. The molecule has 1 atom stereocenters. The molecule has 31 heavy (non-hydrogen) atoms. The van der Waals surface area contributed by atoms with Gasteiger partial charge in [-0.05, 0) is 62.0 Å². The van der Waals surface area contributed by atoms with Crippen LogP contribution < -0.4 is 10.9 Å². The first-order valence-electron chi connectivity index (χ1n) is 11.3. The van der Waals surface area contributed by atoms with E-state index in [1.54, 1.807) is 10.9 Å². The van der Waals surface area contributed by atoms with E-state index in [1.807, 2.05) is 0 Å². The van der Waals surface area contributed by atoms with Gasteiger partial charge in [-0.1, -0.05) is 29.8 Å². The molecule has 0 bridgehead atoms. The number of nitrogens with one attached hydrogen (secondary N) is 1. The second kappa shape index (κ2) is 9.05. The van der Waals surface area contributed by atoms with Gasteiger partial charge in [0.15, 0.2) is 0 Å². The number of fused-ring (bicyclic) bond motifs is 1. The summed E-state index contributed by atoms with van der Waals surface area (Å²) in [5.74, 6) is 0.451. The molecule has 2 aromatic heterocycles. The molecule has 1 saturated carbocycles. The van der Waals surface area contributed by atoms with Crippen LogP contribution in [-0.2, 0) is 4.74 Å². The summed E-state index contributed by atoms with van der Waals surface area (Å²) in [5.41, 5.74) is 1.71. The van der Waals surface area contributed by atoms with Crippen LogP contribution in [-0.4, -0.2) is 34.1 Å². The number of nitrogens with zero attached hydrogens (tertiary/aromatic N) is 3. The molecular formula is C24H29ClN4O2. The van der Waals surface area contributed by atoms with Gasteiger partial charge in [0.2, 0.25) is 0 Å². The molecular weight excluding hydrogens is 412 g/mol. The third-order valence-electron chi connectivity index (χ3n) is 6.81. The number of rotatable bonds is 5. The molecule has 2 fully saturated rings. The van der Waals surface area contributed by atoms with Crippen LogP contribution in [0.3, 0.4) is 0 Å². The van der Waals surface area contributed by atoms with Crippen LogP contribution in [0.25, 0.3) is 10.9 Å². The van der Waals surface area contributed by atoms with Crippen molar-refractivity contribution in [3.05, 3.63) is 58.1 Å². The molecule has 1 saturated heterocycles. The zero-order valence-electron chi connectivity index (χ0n) is 17.7. The van der Waals surface area contributed by atoms with Gasteiger partial charge in [-0.15, -0.1) is 0 Å². The lowest BCUT2D eigenvalue weighted by molar-refractivity contribution is 0.0595. The molecule has 0 spiro atoms. The van der Waals surface area contributed by atoms with E-state index in [1.165, 1.54) is 10.9 Å². The Morgan fingerprint density at radius 3 is 2.71 bits per heavy atom. The Labute approximate surface area is 187 Å². The van der Waals surface area contributed by atoms with Crippen molar-refractivity contribution in [3.8, 4) is 0 Å². The molecule has 0 amide bonds. The minimum absolute atomic E-state index is 0.101. The van der Waals surface area contributed by atoms with E-state index in [-0.39, 0.29) is 16.6 Å². The Kier molecular flexibility index (Phi) is 6.01. The predicted molar refractivity (Wildman–Crippen MR) is 124 cm³/mol. The van der Waals surface area contributed by atoms with Gasteiger partial charge >= 0.3 is 0 Å². The maximum absolute atomic E-state index is 12.9. The van der Waals surface area contributed by atoms with Crippen LogP contribution >= 0.6 is 11.6 Å². The number of hydrogen-bond donors (Lipinski definition) is 1. The Morgan fingerprint density at radius 2 is 1.90 bits per heavy atom. The Hall–Kier alpha value is -2.31. The highest BCUT2D eigenvalue weighted by Crippen LogP contribution is 2.36. The van der Waals surface area contributed by atoms with Crippen LogP contribution in [0.4, 0.5) is 5.69 Å². The minimum Gasteiger partial charge on any atom is -0.382 e. The van der Waals surface area contributed by atoms with Gasteiger partial charge in [0.05, 0.1) is 24.5 Å². The Morgan fingerprint density at radius 1 is 1.10 bits per heavy atom. The molecule has 164 valence electrons. The number of ether oxygens (including phenoxy) is 1. The molecule has 1 N–H and O–H groups in total. The van der Waals surface area contributed by atoms with Crippen molar-refractivity contribution in [3.63, 3.8) is 0 Å². The maximum Gasteiger partial charge on any atom is 0.287 e. The molecule has 3 aromatic rings. The smallest absolute Gasteiger partial charge is 0.287 e. The molecule has 0 radical (unpaired) electrons. The van der Waals surface area contributed by atoms with Gasteiger partial charge in [-0.2, -0.15) is 5.10 Å². The monoisotopic (exact) mass is 440 g/mol. The van der Waals surface area contributed by atoms with Crippen molar-refractivity contribution in [2.24, 2.45) is 5.92 Å². The number of aromatic nitrogens is 3. The molecule has 6 nitrogen and oxygen atoms in total. The fraction of sp³-hybridized carbons (Fsp3) is 0.500. The first kappa shape index (κ1) is 20.6. The normalized spacial score (nSPS) is 24.4. The summed E-state index contributed by atoms with van der Waals surface area (Å²) < 4.78 is 9.51. The molecule has 1 aliphatic heterocycles. The number of halogens is 1. The minimum atomic E-state index is -0.193. The average Bonchev–Trinajstić information content (AvgIpc) is 3.25. The van der Waals surface area contributed by atoms with Gasteiger partial charge in [0, 0.05) is 30.9 Å². The zero-order chi connectivity index (χ0) is 21.2. The summed E-state index contributed by atoms with van der Waals surface area (Å²) in [6, 6.07) is 11.2. The largest absolute Gasteiger partial charge is 0.382 e. The second-order valence-electron chi connectivity index (χ2n) is 8.83. The lowest BCUT2D eigenvalue weighted by Crippen LogP contribution is -2.32. The van der Waals surface area contributed by atoms with Gasteiger partial charge in [0.25, 0.3) is 5.56 Å². The van der Waals surface area contributed by atoms with E-state index < -0.39 is 0 Å². The van der Waals surface area contributed by atoms with Crippen LogP contribution in [0.2, 0.25) is 5.02 Å². The standard InChI is InChI=1S/C24H29ClN4O2/c25-23-21(26-14-17-4-3-13-31-16-17)15-27-29(24(23)30)20-9-7-19(8-10-20)28-12-11-18-5-1-2-6-22(18)28/h1-2,5-6,11-12,15,17,19-20,26H,3-4,7-10,13-14,16H2/t17-,19-,20+/m0/s1. The van der Waals surface area contributed by atoms with Gasteiger partial charge in [-0.25, -0.2) is 4.68 Å². The predicted octanol–water partition coefficient (Wildman–Crippen LogP) is 5.05. The van der Waals surface area contributed by atoms with Gasteiger partial charge in [-0.3, -0.25) is 4.79 Å². The molecule has 1 aromatic carbocycles. The van der Waals surface area contributed by atoms with Crippen molar-refractivity contribution >= 4 is 28.2 Å². The molecule has 7 heteroatoms. The van der Waals surface area contributed by atoms with Crippen molar-refractivity contribution in [2.45, 2.75) is 50.6 Å². The molecule has 2 aliphatic rings. The lowest BCUT2D eigenvalue weighted by Gasteiger charge is -2.30. The van der Waals surface area contributed by atoms with Crippen LogP contribution in [0, 0.1) is 5.92 Å². The van der Waals surface area contributed by atoms with Gasteiger partial charge in [0.1, 0.15) is 5.02 Å². The summed E-state index contributed by atoms with van der Waals surface area (Å²) in [7, 11) is 0. The molecule has 5 rings (SSSR count). The van der Waals surface area contributed by atoms with Crippen LogP contribution in [0.5, 0.6) is 0 Å². The van der Waals surface area contributed by atoms with E-state index in [9.17, 15) is 4.79 Å². The van der Waals surface area contributed by atoms with E-state index in [0.717, 1.165) is 58.3 Å². The number of anilines is 1. The SMILES string of the molecule is O=c1c(Cl)c(NC[C@@H]2CCCOC2)cnn1[C@H]1CC[C@@H](n2ccc3ccccc32)CC1. The third kappa shape index (κ3) is 4.23. The molecule has 3 heterocycles. The topological polar surface area (TPSA) is 61.1 Å². The summed E-state index contributed by atoms with van der Waals surface area (Å²) in [6.45, 7) is 2.35. The quantitative estimate of drug-likeness (QED) is 0.603. The van der Waals surface area contributed by atoms with E-state index in [0.29, 0.717) is 17.6 Å². The Balaban J connectivity index is 1.25. The van der Waals surface area contributed by atoms with E-state index >= 15 is 0 Å². The van der Waals surface area contributed by atoms with Gasteiger partial charge < -0.3 is 14.6 Å². The van der Waals surface area contributed by atoms with Crippen molar-refractivity contribution in [2.75, 3.05) is 25.1 Å². The summed E-state index contributed by atoms with van der Waals surface area (Å²) in [6.07, 6.45) is 10.0. The lowest BCUT2D eigenvalue weighted by atomic mass is 9.91. The first-order valence-corrected chi connectivity index (χ1v) is 11.7. The third-order valence-corrected chi connectivity index (χ3v) is 7.18. The Bertz CT molecular complexity index is 1090. The molecule has 0 unspecified atom stereocenters. The fourth-order valence-electron chi connectivity index (χ4n) is 5.05. The average molecular weight is 441 g/mol. The van der Waals surface area contributed by atoms with Crippen LogP contribution in [0.15, 0.2) is 47.5 Å². The van der Waals surface area contributed by atoms with Crippen LogP contribution in [0.1, 0.15) is 50.6 Å².